The van der Waals surface area contributed by atoms with Crippen molar-refractivity contribution in [3.05, 3.63) is 0 Å². The first-order valence-electron chi connectivity index (χ1n) is 6.79. The molecule has 0 saturated heterocycles. The fraction of sp³-hybridized carbons (Fsp3) is 0.857. The smallest absolute Gasteiger partial charge is 0.310 e. The van der Waals surface area contributed by atoms with Crippen LogP contribution in [0.15, 0.2) is 0 Å². The van der Waals surface area contributed by atoms with Crippen LogP contribution in [0.25, 0.3) is 0 Å². The second kappa shape index (κ2) is 7.39. The number of rotatable bonds is 8. The van der Waals surface area contributed by atoms with Crippen LogP contribution in [0.3, 0.4) is 0 Å². The summed E-state index contributed by atoms with van der Waals surface area (Å²) in [5.74, 6) is -0.128. The summed E-state index contributed by atoms with van der Waals surface area (Å²) in [6.45, 7) is 10.5. The van der Waals surface area contributed by atoms with Crippen molar-refractivity contribution in [3.8, 4) is 0 Å². The largest absolute Gasteiger partial charge is 0.481 e. The molecule has 0 spiro atoms. The molecule has 106 valence electrons. The van der Waals surface area contributed by atoms with Crippen LogP contribution in [0, 0.1) is 17.3 Å². The van der Waals surface area contributed by atoms with Crippen LogP contribution >= 0.6 is 0 Å². The molecular weight excluding hydrogens is 230 g/mol. The van der Waals surface area contributed by atoms with Crippen LogP contribution in [0.4, 0.5) is 0 Å². The van der Waals surface area contributed by atoms with E-state index in [2.05, 4.69) is 26.1 Å². The fourth-order valence-electron chi connectivity index (χ4n) is 1.76. The lowest BCUT2D eigenvalue weighted by atomic mass is 9.79. The van der Waals surface area contributed by atoms with Crippen molar-refractivity contribution >= 4 is 11.9 Å². The highest BCUT2D eigenvalue weighted by Gasteiger charge is 2.37. The van der Waals surface area contributed by atoms with Gasteiger partial charge in [-0.2, -0.15) is 0 Å². The Morgan fingerprint density at radius 1 is 1.17 bits per heavy atom. The highest BCUT2D eigenvalue weighted by Crippen LogP contribution is 2.30. The van der Waals surface area contributed by atoms with E-state index in [0.29, 0.717) is 31.2 Å². The Morgan fingerprint density at radius 2 is 1.67 bits per heavy atom. The number of nitrogens with one attached hydrogen (secondary N) is 1. The number of hydrogen-bond acceptors (Lipinski definition) is 2. The van der Waals surface area contributed by atoms with Crippen LogP contribution in [-0.2, 0) is 9.59 Å². The van der Waals surface area contributed by atoms with Gasteiger partial charge in [0.2, 0.25) is 5.91 Å². The fourth-order valence-corrected chi connectivity index (χ4v) is 1.76. The molecule has 1 unspecified atom stereocenters. The minimum absolute atomic E-state index is 0.0696. The molecule has 0 fully saturated rings. The number of carboxylic acids is 1. The number of carbonyl (C=O) groups excluding carboxylic acids is 1. The Morgan fingerprint density at radius 3 is 2.00 bits per heavy atom. The Labute approximate surface area is 110 Å². The number of amides is 1. The molecule has 0 aromatic heterocycles. The van der Waals surface area contributed by atoms with Crippen molar-refractivity contribution < 1.29 is 14.7 Å². The lowest BCUT2D eigenvalue weighted by molar-refractivity contribution is -0.152. The summed E-state index contributed by atoms with van der Waals surface area (Å²) in [5, 5.41) is 12.1. The molecule has 2 N–H and O–H groups in total. The summed E-state index contributed by atoms with van der Waals surface area (Å²) in [7, 11) is 0. The molecule has 0 heterocycles. The maximum atomic E-state index is 11.8. The molecule has 1 atom stereocenters. The lowest BCUT2D eigenvalue weighted by Gasteiger charge is -2.26. The zero-order valence-electron chi connectivity index (χ0n) is 12.2. The molecule has 0 radical (unpaired) electrons. The molecule has 0 rings (SSSR count). The van der Waals surface area contributed by atoms with E-state index >= 15 is 0 Å². The van der Waals surface area contributed by atoms with E-state index in [9.17, 15) is 14.7 Å². The third-order valence-corrected chi connectivity index (χ3v) is 4.07. The molecular formula is C14H27NO3. The average molecular weight is 257 g/mol. The van der Waals surface area contributed by atoms with Crippen LogP contribution < -0.4 is 5.32 Å². The maximum Gasteiger partial charge on any atom is 0.310 e. The van der Waals surface area contributed by atoms with Gasteiger partial charge in [-0.1, -0.05) is 34.6 Å². The second-order valence-electron chi connectivity index (χ2n) is 5.49. The average Bonchev–Trinajstić information content (AvgIpc) is 2.32. The van der Waals surface area contributed by atoms with E-state index in [4.69, 9.17) is 0 Å². The number of hydrogen-bond donors (Lipinski definition) is 2. The van der Waals surface area contributed by atoms with E-state index in [1.54, 1.807) is 0 Å². The molecule has 0 aromatic carbocycles. The van der Waals surface area contributed by atoms with Gasteiger partial charge < -0.3 is 10.4 Å². The Balaban J connectivity index is 4.41. The minimum Gasteiger partial charge on any atom is -0.481 e. The van der Waals surface area contributed by atoms with Crippen molar-refractivity contribution in [2.24, 2.45) is 17.3 Å². The minimum atomic E-state index is -0.912. The van der Waals surface area contributed by atoms with E-state index in [0.717, 1.165) is 0 Å². The Bertz CT molecular complexity index is 283. The quantitative estimate of drug-likeness (QED) is 0.702. The Hall–Kier alpha value is -1.06. The molecule has 0 aliphatic heterocycles. The molecule has 4 heteroatoms. The zero-order chi connectivity index (χ0) is 14.3. The first-order chi connectivity index (χ1) is 8.29. The summed E-state index contributed by atoms with van der Waals surface area (Å²) < 4.78 is 0. The highest BCUT2D eigenvalue weighted by molar-refractivity contribution is 5.84. The number of carbonyl (C=O) groups is 2. The summed E-state index contributed by atoms with van der Waals surface area (Å²) in [4.78, 5) is 23.1. The van der Waals surface area contributed by atoms with E-state index < -0.39 is 11.4 Å². The van der Waals surface area contributed by atoms with Gasteiger partial charge in [0.15, 0.2) is 0 Å². The van der Waals surface area contributed by atoms with Gasteiger partial charge in [0.05, 0.1) is 5.41 Å². The molecule has 1 amide bonds. The molecule has 4 nitrogen and oxygen atoms in total. The Kier molecular flexibility index (Phi) is 6.96. The van der Waals surface area contributed by atoms with Crippen molar-refractivity contribution in [3.63, 3.8) is 0 Å². The van der Waals surface area contributed by atoms with Crippen LogP contribution in [0.1, 0.15) is 53.9 Å². The van der Waals surface area contributed by atoms with Gasteiger partial charge in [-0.3, -0.25) is 9.59 Å². The van der Waals surface area contributed by atoms with Crippen LogP contribution in [-0.4, -0.2) is 23.5 Å². The predicted octanol–water partition coefficient (Wildman–Crippen LogP) is 2.68. The molecule has 0 bridgehead atoms. The SMILES string of the molecule is CCC(CC)(CC(=O)NCC(C)C(C)C)C(=O)O. The molecule has 0 saturated carbocycles. The van der Waals surface area contributed by atoms with Crippen LogP contribution in [0.5, 0.6) is 0 Å². The summed E-state index contributed by atoms with van der Waals surface area (Å²) >= 11 is 0. The zero-order valence-corrected chi connectivity index (χ0v) is 12.2. The predicted molar refractivity (Wildman–Crippen MR) is 72.3 cm³/mol. The first-order valence-corrected chi connectivity index (χ1v) is 6.79. The first kappa shape index (κ1) is 16.9. The highest BCUT2D eigenvalue weighted by atomic mass is 16.4. The van der Waals surface area contributed by atoms with Crippen molar-refractivity contribution in [2.45, 2.75) is 53.9 Å². The standard InChI is InChI=1S/C14H27NO3/c1-6-14(7-2,13(17)18)8-12(16)15-9-11(5)10(3)4/h10-11H,6-9H2,1-5H3,(H,15,16)(H,17,18). The van der Waals surface area contributed by atoms with Crippen LogP contribution in [0.2, 0.25) is 0 Å². The topological polar surface area (TPSA) is 66.4 Å². The maximum absolute atomic E-state index is 11.8. The van der Waals surface area contributed by atoms with Gasteiger partial charge >= 0.3 is 5.97 Å². The lowest BCUT2D eigenvalue weighted by Crippen LogP contribution is -2.38. The van der Waals surface area contributed by atoms with Gasteiger partial charge in [0.1, 0.15) is 0 Å². The second-order valence-corrected chi connectivity index (χ2v) is 5.49. The molecule has 0 aliphatic rings. The molecule has 18 heavy (non-hydrogen) atoms. The third-order valence-electron chi connectivity index (χ3n) is 4.07. The number of carboxylic acid groups (broad SMARTS) is 1. The van der Waals surface area contributed by atoms with Gasteiger partial charge in [0, 0.05) is 13.0 Å². The third kappa shape index (κ3) is 4.67. The monoisotopic (exact) mass is 257 g/mol. The number of aliphatic carboxylic acids is 1. The summed E-state index contributed by atoms with van der Waals surface area (Å²) in [6.07, 6.45) is 1.03. The van der Waals surface area contributed by atoms with Gasteiger partial charge in [-0.15, -0.1) is 0 Å². The van der Waals surface area contributed by atoms with E-state index in [1.807, 2.05) is 13.8 Å². The van der Waals surface area contributed by atoms with Crippen molar-refractivity contribution in [1.29, 1.82) is 0 Å². The van der Waals surface area contributed by atoms with Gasteiger partial charge in [0.25, 0.3) is 0 Å². The van der Waals surface area contributed by atoms with Gasteiger partial charge in [-0.25, -0.2) is 0 Å². The van der Waals surface area contributed by atoms with Gasteiger partial charge in [-0.05, 0) is 24.7 Å². The van der Waals surface area contributed by atoms with E-state index in [1.165, 1.54) is 0 Å². The van der Waals surface area contributed by atoms with Crippen molar-refractivity contribution in [1.82, 2.24) is 5.32 Å². The summed E-state index contributed by atoms with van der Waals surface area (Å²) in [6, 6.07) is 0. The van der Waals surface area contributed by atoms with Crippen molar-refractivity contribution in [2.75, 3.05) is 6.54 Å². The molecule has 0 aromatic rings. The van der Waals surface area contributed by atoms with E-state index in [-0.39, 0.29) is 12.3 Å². The normalized spacial score (nSPS) is 13.4. The summed E-state index contributed by atoms with van der Waals surface area (Å²) in [5.41, 5.74) is -0.912. The molecule has 0 aliphatic carbocycles.